The molecule has 596 valence electrons. The van der Waals surface area contributed by atoms with Crippen molar-refractivity contribution in [1.29, 1.82) is 10.5 Å². The van der Waals surface area contributed by atoms with Crippen molar-refractivity contribution in [2.24, 2.45) is 21.6 Å². The van der Waals surface area contributed by atoms with Gasteiger partial charge >= 0.3 is 0 Å². The molecule has 0 aliphatic carbocycles. The monoisotopic (exact) mass is 1530 g/mol. The smallest absolute Gasteiger partial charge is 0.245 e. The fourth-order valence-corrected chi connectivity index (χ4v) is 12.4. The van der Waals surface area contributed by atoms with Gasteiger partial charge in [-0.05, 0) is 126 Å². The molecule has 0 spiro atoms. The number of H-pyrrole nitrogens is 2. The van der Waals surface area contributed by atoms with E-state index in [-0.39, 0.29) is 133 Å². The third-order valence-corrected chi connectivity index (χ3v) is 18.3. The molecule has 2 aliphatic heterocycles. The Morgan fingerprint density at radius 2 is 1.17 bits per heavy atom. The van der Waals surface area contributed by atoms with Gasteiger partial charge in [0.25, 0.3) is 0 Å². The van der Waals surface area contributed by atoms with Gasteiger partial charge in [-0.25, -0.2) is 15.0 Å². The molecule has 111 heavy (non-hydrogen) atoms. The quantitative estimate of drug-likeness (QED) is 0.00681. The van der Waals surface area contributed by atoms with E-state index in [1.54, 1.807) is 79.3 Å². The van der Waals surface area contributed by atoms with Crippen LogP contribution in [0.2, 0.25) is 0 Å². The largest absolute Gasteiger partial charge is 0.394 e. The molecule has 0 unspecified atom stereocenters. The lowest BCUT2D eigenvalue weighted by molar-refractivity contribution is -0.142. The van der Waals surface area contributed by atoms with E-state index in [4.69, 9.17) is 5.73 Å². The zero-order chi connectivity index (χ0) is 80.2. The highest BCUT2D eigenvalue weighted by Crippen LogP contribution is 2.23. The van der Waals surface area contributed by atoms with Crippen molar-refractivity contribution in [2.45, 2.75) is 204 Å². The fourth-order valence-electron chi connectivity index (χ4n) is 12.4. The molecule has 0 bridgehead atoms. The minimum atomic E-state index is -1.84. The number of aromatic nitrogens is 5. The maximum Gasteiger partial charge on any atom is 0.245 e. The average molecular weight is 1530 g/mol. The summed E-state index contributed by atoms with van der Waals surface area (Å²) < 4.78 is 0. The zero-order valence-corrected chi connectivity index (χ0v) is 63.0. The van der Waals surface area contributed by atoms with Crippen molar-refractivity contribution in [3.8, 4) is 12.4 Å². The number of carbonyl (C=O) groups is 11. The standard InChI is InChI=1S/C74H103N25O12/c1-44(2)33-57(67(106)94-56(21-10-13-27-79-45(3)4)72(111)99-32-16-24-61(99)71(110)90-46(5)63(77)102)95-65(104)54(23-15-31-83-74(88-42-76)86-39-49-18-9-12-29-81-49)92-64(103)53(22-14-30-82-73(87-41-75)85-38-48-17-8-11-28-80-48)93-70(109)60(40-100)98-68(107)58(34-47-36-84-52-20-7-6-19-51(47)52)96-69(108)59(35-50-37-78-43-89-50)97-66(105)55-25-26-62(101)91-55/h6-9,11-12,17-20,28-29,36-37,43-46,53-61,79,84,100H,10,13-16,21-27,30-35,38-40H2,1-5H3,(H2,77,102)(H,78,89)(H,90,110)(H,91,101)(H,92,103)(H,93,109)(H,94,106)(H,95,104)(H,96,108)(H,97,105)(H,98,107)(H2,82,85,87)(H2,83,86,88)/t46-,53+,54-,55+,56+,57+,58+,59+,60+,61+/m1/s1. The maximum atomic E-state index is 15.3. The number of nitrogens with two attached hydrogens (primary N) is 1. The van der Waals surface area contributed by atoms with E-state index in [0.29, 0.717) is 59.4 Å². The molecule has 6 heterocycles. The van der Waals surface area contributed by atoms with Crippen molar-refractivity contribution in [2.75, 3.05) is 32.8 Å². The Morgan fingerprint density at radius 1 is 0.622 bits per heavy atom. The molecule has 19 N–H and O–H groups in total. The van der Waals surface area contributed by atoms with Gasteiger partial charge in [-0.3, -0.25) is 73.3 Å². The number of benzene rings is 1. The van der Waals surface area contributed by atoms with E-state index in [1.165, 1.54) is 24.3 Å². The van der Waals surface area contributed by atoms with Crippen LogP contribution < -0.4 is 80.2 Å². The summed E-state index contributed by atoms with van der Waals surface area (Å²) in [5, 5.41) is 69.7. The molecule has 37 heteroatoms. The summed E-state index contributed by atoms with van der Waals surface area (Å²) in [5.74, 6) is -8.66. The summed E-state index contributed by atoms with van der Waals surface area (Å²) in [6.07, 6.45) is 12.8. The molecule has 2 aliphatic rings. The maximum absolute atomic E-state index is 15.3. The molecule has 2 fully saturated rings. The molecule has 37 nitrogen and oxygen atoms in total. The van der Waals surface area contributed by atoms with Gasteiger partial charge in [0.2, 0.25) is 76.9 Å². The van der Waals surface area contributed by atoms with Crippen LogP contribution in [-0.2, 0) is 78.7 Å². The molecular weight excluding hydrogens is 1430 g/mol. The van der Waals surface area contributed by atoms with Gasteiger partial charge in [0.05, 0.1) is 37.4 Å². The number of aromatic amines is 2. The topological polar surface area (TPSA) is 548 Å². The van der Waals surface area contributed by atoms with E-state index >= 15 is 9.59 Å². The van der Waals surface area contributed by atoms with Crippen LogP contribution in [0.4, 0.5) is 0 Å². The van der Waals surface area contributed by atoms with E-state index in [2.05, 4.69) is 109 Å². The normalized spacial score (nSPS) is 16.3. The summed E-state index contributed by atoms with van der Waals surface area (Å²) in [6, 6.07) is 4.41. The number of carbonyl (C=O) groups excluding carboxylic acids is 11. The number of likely N-dealkylation sites (tertiary alicyclic amines) is 1. The lowest BCUT2D eigenvalue weighted by atomic mass is 10.0. The molecule has 4 aromatic heterocycles. The highest BCUT2D eigenvalue weighted by Gasteiger charge is 2.41. The first-order chi connectivity index (χ1) is 53.4. The number of para-hydroxylation sites is 1. The molecule has 1 aromatic carbocycles. The zero-order valence-electron chi connectivity index (χ0n) is 63.0. The number of nitrogens with zero attached hydrogens (tertiary/aromatic N) is 8. The number of rotatable bonds is 43. The van der Waals surface area contributed by atoms with E-state index in [1.807, 2.05) is 40.1 Å². The Labute approximate surface area is 643 Å². The number of pyridine rings is 2. The van der Waals surface area contributed by atoms with Crippen LogP contribution in [0.3, 0.4) is 0 Å². The lowest BCUT2D eigenvalue weighted by Gasteiger charge is -2.31. The first kappa shape index (κ1) is 86.1. The Hall–Kier alpha value is -12.1. The number of aliphatic hydroxyl groups is 1. The number of aliphatic hydroxyl groups excluding tert-OH is 1. The number of hydrogen-bond acceptors (Lipinski definition) is 20. The predicted molar refractivity (Wildman–Crippen MR) is 407 cm³/mol. The average Bonchev–Trinajstić information content (AvgIpc) is 1.73. The van der Waals surface area contributed by atoms with E-state index < -0.39 is 126 Å². The molecule has 0 radical (unpaired) electrons. The summed E-state index contributed by atoms with van der Waals surface area (Å²) in [7, 11) is 0. The minimum absolute atomic E-state index is 0.00283. The number of aliphatic imine (C=N–C) groups is 2. The van der Waals surface area contributed by atoms with Gasteiger partial charge in [-0.1, -0.05) is 58.0 Å². The summed E-state index contributed by atoms with van der Waals surface area (Å²) in [4.78, 5) is 185. The van der Waals surface area contributed by atoms with Crippen LogP contribution in [0.25, 0.3) is 10.9 Å². The Morgan fingerprint density at radius 3 is 1.72 bits per heavy atom. The Bertz CT molecular complexity index is 4070. The Kier molecular flexibility index (Phi) is 34.9. The summed E-state index contributed by atoms with van der Waals surface area (Å²) in [5.41, 5.74) is 8.30. The van der Waals surface area contributed by atoms with Gasteiger partial charge in [0.1, 0.15) is 60.4 Å². The molecular formula is C74H103N25O12. The highest BCUT2D eigenvalue weighted by molar-refractivity contribution is 6.00. The third kappa shape index (κ3) is 28.4. The van der Waals surface area contributed by atoms with Crippen LogP contribution in [0.15, 0.2) is 102 Å². The second-order valence-corrected chi connectivity index (χ2v) is 27.8. The van der Waals surface area contributed by atoms with Crippen LogP contribution in [0.1, 0.15) is 134 Å². The van der Waals surface area contributed by atoms with E-state index in [0.717, 1.165) is 0 Å². The molecule has 7 rings (SSSR count). The third-order valence-electron chi connectivity index (χ3n) is 18.3. The second-order valence-electron chi connectivity index (χ2n) is 27.8. The SMILES string of the molecule is CC(C)C[C@H](NC(=O)[C@@H](CCCNC(=NCc1ccccn1)NC#N)NC(=O)[C@H](CCCNC(=NCc1ccccn1)NC#N)NC(=O)[C@H](CO)NC(=O)[C@H](Cc1c[nH]c2ccccc12)NC(=O)[C@H](Cc1cnc[nH]1)NC(=O)[C@@H]1CCC(=O)N1)C(=O)N[C@@H](CCCCNC(C)C)C(=O)N1CCC[C@H]1C(=O)N[C@H](C)C(N)=O. The highest BCUT2D eigenvalue weighted by atomic mass is 16.3. The summed E-state index contributed by atoms with van der Waals surface area (Å²) >= 11 is 0. The van der Waals surface area contributed by atoms with Crippen LogP contribution in [-0.4, -0.2) is 211 Å². The molecule has 0 saturated carbocycles. The molecule has 2 saturated heterocycles. The first-order valence-electron chi connectivity index (χ1n) is 37.3. The van der Waals surface area contributed by atoms with Gasteiger partial charge in [0, 0.05) is 86.3 Å². The van der Waals surface area contributed by atoms with E-state index in [9.17, 15) is 58.8 Å². The number of guanidine groups is 2. The molecule has 10 atom stereocenters. The van der Waals surface area contributed by atoms with Crippen molar-refractivity contribution in [3.05, 3.63) is 114 Å². The second kappa shape index (κ2) is 45.0. The van der Waals surface area contributed by atoms with Crippen molar-refractivity contribution in [1.82, 2.24) is 104 Å². The van der Waals surface area contributed by atoms with Crippen LogP contribution >= 0.6 is 0 Å². The number of nitrogens with one attached hydrogen (secondary N) is 16. The van der Waals surface area contributed by atoms with Crippen LogP contribution in [0, 0.1) is 28.8 Å². The van der Waals surface area contributed by atoms with Crippen LogP contribution in [0.5, 0.6) is 0 Å². The summed E-state index contributed by atoms with van der Waals surface area (Å²) in [6.45, 7) is 8.87. The first-order valence-corrected chi connectivity index (χ1v) is 37.3. The number of hydrogen-bond donors (Lipinski definition) is 18. The lowest BCUT2D eigenvalue weighted by Crippen LogP contribution is -2.61. The van der Waals surface area contributed by atoms with Gasteiger partial charge in [-0.2, -0.15) is 10.5 Å². The van der Waals surface area contributed by atoms with Gasteiger partial charge < -0.3 is 89.5 Å². The van der Waals surface area contributed by atoms with Crippen molar-refractivity contribution >= 4 is 87.8 Å². The predicted octanol–water partition coefficient (Wildman–Crippen LogP) is -1.68. The number of primary amides is 1. The number of nitriles is 2. The number of imidazole rings is 1. The molecule has 11 amide bonds. The van der Waals surface area contributed by atoms with Gasteiger partial charge in [0.15, 0.2) is 12.4 Å². The fraction of sp³-hybridized carbons (Fsp3) is 0.514. The van der Waals surface area contributed by atoms with Gasteiger partial charge in [-0.15, -0.1) is 0 Å². The number of amides is 11. The Balaban J connectivity index is 1.19. The number of unbranched alkanes of at least 4 members (excludes halogenated alkanes) is 1. The van der Waals surface area contributed by atoms with Crippen molar-refractivity contribution < 1.29 is 57.8 Å². The minimum Gasteiger partial charge on any atom is -0.394 e. The van der Waals surface area contributed by atoms with Crippen molar-refractivity contribution in [3.63, 3.8) is 0 Å². The molecule has 5 aromatic rings. The number of fused-ring (bicyclic) bond motifs is 1.